The number of nitrogens with one attached hydrogen (secondary N) is 1. The normalized spacial score (nSPS) is 22.4. The van der Waals surface area contributed by atoms with Crippen LogP contribution in [0.25, 0.3) is 0 Å². The molecule has 2 fully saturated rings. The maximum atomic E-state index is 12.8. The number of carbonyl (C=O) groups excluding carboxylic acids is 2. The molecule has 0 aromatic heterocycles. The molecule has 2 aliphatic rings. The summed E-state index contributed by atoms with van der Waals surface area (Å²) in [4.78, 5) is 37.1. The molecule has 1 aromatic carbocycles. The number of aryl methyl sites for hydroxylation is 1. The smallest absolute Gasteiger partial charge is 0.290 e. The number of hydrogen-bond donors (Lipinski definition) is 2. The Hall–Kier alpha value is -2.49. The van der Waals surface area contributed by atoms with Gasteiger partial charge in [0.25, 0.3) is 12.4 Å². The van der Waals surface area contributed by atoms with Gasteiger partial charge in [-0.25, -0.2) is 0 Å². The van der Waals surface area contributed by atoms with Gasteiger partial charge in [0, 0.05) is 33.2 Å². The number of carboxylic acid groups (broad SMARTS) is 1. The standard InChI is InChI=1S/C19H27N3O4.CH2O2/c1-14-5-3-4-6-15(14)17-18(26-13-16(23)21(17)2)19(24)20-7-8-22-9-11-25-12-10-22;2-1-3/h3-6,17-18H,7-13H2,1-2H3,(H,20,24);1H,(H,2,3)/t17-,18+;/m1./s1. The molecule has 2 N–H and O–H groups in total. The zero-order valence-corrected chi connectivity index (χ0v) is 16.9. The van der Waals surface area contributed by atoms with Gasteiger partial charge in [-0.1, -0.05) is 24.3 Å². The lowest BCUT2D eigenvalue weighted by molar-refractivity contribution is -0.162. The fraction of sp³-hybridized carbons (Fsp3) is 0.550. The summed E-state index contributed by atoms with van der Waals surface area (Å²) in [5, 5.41) is 9.86. The van der Waals surface area contributed by atoms with Gasteiger partial charge in [-0.3, -0.25) is 19.3 Å². The van der Waals surface area contributed by atoms with Crippen molar-refractivity contribution in [3.8, 4) is 0 Å². The lowest BCUT2D eigenvalue weighted by atomic mass is 9.94. The third kappa shape index (κ3) is 6.25. The SMILES string of the molecule is Cc1ccccc1[C@@H]1[C@@H](C(=O)NCCN2CCOCC2)OCC(=O)N1C.O=CO. The van der Waals surface area contributed by atoms with Gasteiger partial charge in [-0.2, -0.15) is 0 Å². The minimum atomic E-state index is -0.705. The topological polar surface area (TPSA) is 108 Å². The highest BCUT2D eigenvalue weighted by Gasteiger charge is 2.40. The molecule has 0 saturated carbocycles. The van der Waals surface area contributed by atoms with Crippen molar-refractivity contribution in [3.63, 3.8) is 0 Å². The number of hydrogen-bond acceptors (Lipinski definition) is 6. The van der Waals surface area contributed by atoms with Crippen LogP contribution >= 0.6 is 0 Å². The number of amides is 2. The zero-order valence-electron chi connectivity index (χ0n) is 16.9. The molecule has 29 heavy (non-hydrogen) atoms. The van der Waals surface area contributed by atoms with Gasteiger partial charge in [-0.15, -0.1) is 0 Å². The maximum absolute atomic E-state index is 12.8. The molecule has 9 nitrogen and oxygen atoms in total. The molecule has 0 aliphatic carbocycles. The Labute approximate surface area is 170 Å². The van der Waals surface area contributed by atoms with E-state index in [2.05, 4.69) is 10.2 Å². The summed E-state index contributed by atoms with van der Waals surface area (Å²) >= 11 is 0. The first-order valence-corrected chi connectivity index (χ1v) is 9.58. The van der Waals surface area contributed by atoms with Crippen molar-refractivity contribution in [2.24, 2.45) is 0 Å². The number of rotatable bonds is 5. The second kappa shape index (κ2) is 11.5. The van der Waals surface area contributed by atoms with Gasteiger partial charge in [0.2, 0.25) is 5.91 Å². The van der Waals surface area contributed by atoms with E-state index in [-0.39, 0.29) is 24.9 Å². The van der Waals surface area contributed by atoms with Crippen LogP contribution in [0.2, 0.25) is 0 Å². The lowest BCUT2D eigenvalue weighted by Gasteiger charge is -2.39. The molecule has 3 rings (SSSR count). The second-order valence-corrected chi connectivity index (χ2v) is 6.89. The third-order valence-electron chi connectivity index (χ3n) is 5.08. The van der Waals surface area contributed by atoms with Crippen LogP contribution in [0, 0.1) is 6.92 Å². The Balaban J connectivity index is 0.000000941. The largest absolute Gasteiger partial charge is 0.483 e. The third-order valence-corrected chi connectivity index (χ3v) is 5.08. The predicted molar refractivity (Wildman–Crippen MR) is 105 cm³/mol. The van der Waals surface area contributed by atoms with Crippen LogP contribution < -0.4 is 5.32 Å². The molecule has 160 valence electrons. The van der Waals surface area contributed by atoms with E-state index < -0.39 is 12.1 Å². The van der Waals surface area contributed by atoms with E-state index in [1.54, 1.807) is 11.9 Å². The average Bonchev–Trinajstić information content (AvgIpc) is 2.72. The molecule has 2 atom stereocenters. The van der Waals surface area contributed by atoms with Gasteiger partial charge in [0.05, 0.1) is 19.3 Å². The fourth-order valence-corrected chi connectivity index (χ4v) is 3.48. The number of nitrogens with zero attached hydrogens (tertiary/aromatic N) is 2. The summed E-state index contributed by atoms with van der Waals surface area (Å²) < 4.78 is 11.0. The lowest BCUT2D eigenvalue weighted by Crippen LogP contribution is -2.54. The predicted octanol–water partition coefficient (Wildman–Crippen LogP) is 0.0425. The van der Waals surface area contributed by atoms with Crippen LogP contribution in [-0.4, -0.2) is 92.3 Å². The maximum Gasteiger partial charge on any atom is 0.290 e. The molecular weight excluding hydrogens is 378 g/mol. The zero-order chi connectivity index (χ0) is 21.2. The summed E-state index contributed by atoms with van der Waals surface area (Å²) in [6.07, 6.45) is -0.705. The molecule has 2 amide bonds. The highest BCUT2D eigenvalue weighted by atomic mass is 16.5. The Kier molecular flexibility index (Phi) is 9.04. The highest BCUT2D eigenvalue weighted by Crippen LogP contribution is 2.31. The first-order valence-electron chi connectivity index (χ1n) is 9.58. The molecule has 0 unspecified atom stereocenters. The summed E-state index contributed by atoms with van der Waals surface area (Å²) in [7, 11) is 1.73. The van der Waals surface area contributed by atoms with Gasteiger partial charge < -0.3 is 24.8 Å². The number of likely N-dealkylation sites (N-methyl/N-ethyl adjacent to an activating group) is 1. The van der Waals surface area contributed by atoms with E-state index >= 15 is 0 Å². The Morgan fingerprint density at radius 3 is 2.62 bits per heavy atom. The highest BCUT2D eigenvalue weighted by molar-refractivity contribution is 5.86. The van der Waals surface area contributed by atoms with Crippen LogP contribution in [0.3, 0.4) is 0 Å². The van der Waals surface area contributed by atoms with E-state index in [1.807, 2.05) is 31.2 Å². The van der Waals surface area contributed by atoms with Crippen molar-refractivity contribution >= 4 is 18.3 Å². The quantitative estimate of drug-likeness (QED) is 0.664. The van der Waals surface area contributed by atoms with Crippen LogP contribution in [0.1, 0.15) is 17.2 Å². The number of benzene rings is 1. The molecule has 2 saturated heterocycles. The summed E-state index contributed by atoms with van der Waals surface area (Å²) in [5.41, 5.74) is 1.98. The number of ether oxygens (including phenoxy) is 2. The van der Waals surface area contributed by atoms with Gasteiger partial charge in [0.15, 0.2) is 6.10 Å². The van der Waals surface area contributed by atoms with Gasteiger partial charge in [0.1, 0.15) is 6.61 Å². The van der Waals surface area contributed by atoms with Crippen molar-refractivity contribution < 1.29 is 29.0 Å². The van der Waals surface area contributed by atoms with Crippen LogP contribution in [-0.2, 0) is 23.9 Å². The minimum Gasteiger partial charge on any atom is -0.483 e. The first kappa shape index (κ1) is 22.8. The van der Waals surface area contributed by atoms with Crippen molar-refractivity contribution in [3.05, 3.63) is 35.4 Å². The summed E-state index contributed by atoms with van der Waals surface area (Å²) in [5.74, 6) is -0.290. The first-order chi connectivity index (χ1) is 14.0. The van der Waals surface area contributed by atoms with Gasteiger partial charge in [-0.05, 0) is 18.1 Å². The molecule has 0 spiro atoms. The average molecular weight is 407 g/mol. The second-order valence-electron chi connectivity index (χ2n) is 6.89. The number of carbonyl (C=O) groups is 3. The van der Waals surface area contributed by atoms with Crippen molar-refractivity contribution in [2.45, 2.75) is 19.1 Å². The minimum absolute atomic E-state index is 0.0690. The van der Waals surface area contributed by atoms with Crippen molar-refractivity contribution in [1.29, 1.82) is 0 Å². The monoisotopic (exact) mass is 407 g/mol. The van der Waals surface area contributed by atoms with E-state index in [0.29, 0.717) is 6.54 Å². The van der Waals surface area contributed by atoms with Crippen LogP contribution in [0.5, 0.6) is 0 Å². The molecule has 1 aromatic rings. The fourth-order valence-electron chi connectivity index (χ4n) is 3.48. The summed E-state index contributed by atoms with van der Waals surface area (Å²) in [6.45, 7) is 6.25. The van der Waals surface area contributed by atoms with Crippen LogP contribution in [0.4, 0.5) is 0 Å². The van der Waals surface area contributed by atoms with Gasteiger partial charge >= 0.3 is 0 Å². The van der Waals surface area contributed by atoms with Crippen molar-refractivity contribution in [2.75, 3.05) is 53.0 Å². The Bertz CT molecular complexity index is 693. The molecule has 0 bridgehead atoms. The Morgan fingerprint density at radius 1 is 1.31 bits per heavy atom. The molecule has 9 heteroatoms. The number of morpholine rings is 2. The molecular formula is C20H29N3O6. The van der Waals surface area contributed by atoms with E-state index in [4.69, 9.17) is 19.4 Å². The molecule has 0 radical (unpaired) electrons. The van der Waals surface area contributed by atoms with E-state index in [1.165, 1.54) is 0 Å². The van der Waals surface area contributed by atoms with Crippen molar-refractivity contribution in [1.82, 2.24) is 15.1 Å². The molecule has 2 aliphatic heterocycles. The molecule has 2 heterocycles. The van der Waals surface area contributed by atoms with E-state index in [9.17, 15) is 9.59 Å². The van der Waals surface area contributed by atoms with Crippen LogP contribution in [0.15, 0.2) is 24.3 Å². The van der Waals surface area contributed by atoms with E-state index in [0.717, 1.165) is 44.0 Å². The summed E-state index contributed by atoms with van der Waals surface area (Å²) in [6, 6.07) is 7.38. The Morgan fingerprint density at radius 2 is 1.97 bits per heavy atom.